The predicted molar refractivity (Wildman–Crippen MR) is 91.5 cm³/mol. The summed E-state index contributed by atoms with van der Waals surface area (Å²) < 4.78 is 0. The van der Waals surface area contributed by atoms with Crippen LogP contribution in [0.2, 0.25) is 0 Å². The van der Waals surface area contributed by atoms with Gasteiger partial charge in [0.1, 0.15) is 0 Å². The van der Waals surface area contributed by atoms with Crippen molar-refractivity contribution in [1.82, 2.24) is 0 Å². The Morgan fingerprint density at radius 2 is 1.95 bits per heavy atom. The second-order valence-electron chi connectivity index (χ2n) is 6.01. The minimum atomic E-state index is 0.0387. The van der Waals surface area contributed by atoms with Crippen LogP contribution in [0.5, 0.6) is 0 Å². The van der Waals surface area contributed by atoms with Gasteiger partial charge in [0, 0.05) is 18.8 Å². The molecule has 110 valence electrons. The quantitative estimate of drug-likeness (QED) is 0.718. The zero-order chi connectivity index (χ0) is 14.8. The summed E-state index contributed by atoms with van der Waals surface area (Å²) in [5.74, 6) is 0. The van der Waals surface area contributed by atoms with Crippen LogP contribution in [0.1, 0.15) is 34.1 Å². The average Bonchev–Trinajstić information content (AvgIpc) is 2.47. The largest absolute Gasteiger partial charge is 0.369 e. The lowest BCUT2D eigenvalue weighted by Gasteiger charge is -2.33. The molecule has 0 amide bonds. The Balaban J connectivity index is 1.81. The van der Waals surface area contributed by atoms with Gasteiger partial charge in [-0.3, -0.25) is 0 Å². The first-order chi connectivity index (χ1) is 10.1. The van der Waals surface area contributed by atoms with E-state index in [0.717, 1.165) is 13.1 Å². The molecule has 0 aromatic heterocycles. The van der Waals surface area contributed by atoms with Crippen molar-refractivity contribution in [2.75, 3.05) is 18.0 Å². The average molecular weight is 300 g/mol. The molecule has 0 spiro atoms. The smallest absolute Gasteiger partial charge is 0.0762 e. The van der Waals surface area contributed by atoms with E-state index in [2.05, 4.69) is 61.2 Å². The van der Waals surface area contributed by atoms with E-state index >= 15 is 0 Å². The van der Waals surface area contributed by atoms with Crippen molar-refractivity contribution >= 4 is 17.3 Å². The minimum absolute atomic E-state index is 0.0387. The Morgan fingerprint density at radius 3 is 2.76 bits per heavy atom. The maximum Gasteiger partial charge on any atom is 0.0762 e. The van der Waals surface area contributed by atoms with Crippen LogP contribution in [0.4, 0.5) is 5.69 Å². The number of benzene rings is 2. The molecule has 1 aliphatic rings. The van der Waals surface area contributed by atoms with Crippen LogP contribution in [-0.4, -0.2) is 13.1 Å². The van der Waals surface area contributed by atoms with Gasteiger partial charge >= 0.3 is 0 Å². The highest BCUT2D eigenvalue weighted by molar-refractivity contribution is 6.21. The third-order valence-electron chi connectivity index (χ3n) is 4.35. The minimum Gasteiger partial charge on any atom is -0.369 e. The van der Waals surface area contributed by atoms with E-state index in [9.17, 15) is 0 Å². The van der Waals surface area contributed by atoms with Gasteiger partial charge in [-0.1, -0.05) is 42.0 Å². The van der Waals surface area contributed by atoms with Gasteiger partial charge in [-0.15, -0.1) is 11.6 Å². The van der Waals surface area contributed by atoms with E-state index in [4.69, 9.17) is 11.6 Å². The third-order valence-corrected chi connectivity index (χ3v) is 4.72. The molecule has 21 heavy (non-hydrogen) atoms. The fraction of sp³-hybridized carbons (Fsp3) is 0.368. The molecule has 0 saturated carbocycles. The molecular weight excluding hydrogens is 278 g/mol. The van der Waals surface area contributed by atoms with Gasteiger partial charge in [-0.05, 0) is 49.4 Å². The van der Waals surface area contributed by atoms with E-state index in [-0.39, 0.29) is 5.38 Å². The number of rotatable bonds is 3. The van der Waals surface area contributed by atoms with Crippen LogP contribution in [-0.2, 0) is 6.42 Å². The first-order valence-electron chi connectivity index (χ1n) is 7.69. The molecular formula is C19H22ClN. The van der Waals surface area contributed by atoms with Crippen molar-refractivity contribution in [3.63, 3.8) is 0 Å². The molecule has 3 rings (SSSR count). The van der Waals surface area contributed by atoms with Crippen LogP contribution in [0, 0.1) is 13.8 Å². The van der Waals surface area contributed by atoms with Gasteiger partial charge in [0.2, 0.25) is 0 Å². The lowest BCUT2D eigenvalue weighted by atomic mass is 9.99. The maximum absolute atomic E-state index is 6.72. The first kappa shape index (κ1) is 14.5. The van der Waals surface area contributed by atoms with Crippen LogP contribution >= 0.6 is 11.6 Å². The Kier molecular flexibility index (Phi) is 4.21. The fourth-order valence-electron chi connectivity index (χ4n) is 3.27. The van der Waals surface area contributed by atoms with Gasteiger partial charge < -0.3 is 4.90 Å². The molecule has 0 saturated heterocycles. The van der Waals surface area contributed by atoms with Gasteiger partial charge in [-0.2, -0.15) is 0 Å². The molecule has 0 radical (unpaired) electrons. The molecule has 0 N–H and O–H groups in total. The van der Waals surface area contributed by atoms with Gasteiger partial charge in [0.15, 0.2) is 0 Å². The number of aryl methyl sites for hydroxylation is 3. The molecule has 1 aliphatic heterocycles. The summed E-state index contributed by atoms with van der Waals surface area (Å²) in [6, 6.07) is 15.3. The number of halogens is 1. The van der Waals surface area contributed by atoms with Crippen LogP contribution in [0.15, 0.2) is 42.5 Å². The number of alkyl halides is 1. The molecule has 1 unspecified atom stereocenters. The lowest BCUT2D eigenvalue weighted by molar-refractivity contribution is 0.680. The van der Waals surface area contributed by atoms with Gasteiger partial charge in [0.25, 0.3) is 0 Å². The fourth-order valence-corrected chi connectivity index (χ4v) is 3.68. The summed E-state index contributed by atoms with van der Waals surface area (Å²) in [7, 11) is 0. The Bertz CT molecular complexity index is 635. The molecule has 0 bridgehead atoms. The van der Waals surface area contributed by atoms with Crippen molar-refractivity contribution in [1.29, 1.82) is 0 Å². The second kappa shape index (κ2) is 6.11. The van der Waals surface area contributed by atoms with E-state index in [1.807, 2.05) is 0 Å². The molecule has 2 heteroatoms. The first-order valence-corrected chi connectivity index (χ1v) is 8.13. The lowest BCUT2D eigenvalue weighted by Crippen LogP contribution is -2.32. The van der Waals surface area contributed by atoms with Crippen molar-refractivity contribution in [3.8, 4) is 0 Å². The normalized spacial score (nSPS) is 15.7. The Morgan fingerprint density at radius 1 is 1.14 bits per heavy atom. The van der Waals surface area contributed by atoms with Crippen molar-refractivity contribution in [2.45, 2.75) is 32.1 Å². The standard InChI is InChI=1S/C19H22ClN/c1-14-9-10-17(15(2)12-14)18(20)13-21-11-5-7-16-6-3-4-8-19(16)21/h3-4,6,8-10,12,18H,5,7,11,13H2,1-2H3. The van der Waals surface area contributed by atoms with Crippen molar-refractivity contribution < 1.29 is 0 Å². The summed E-state index contributed by atoms with van der Waals surface area (Å²) in [5, 5.41) is 0.0387. The Hall–Kier alpha value is -1.47. The van der Waals surface area contributed by atoms with Crippen molar-refractivity contribution in [2.24, 2.45) is 0 Å². The van der Waals surface area contributed by atoms with E-state index in [1.165, 1.54) is 40.8 Å². The number of para-hydroxylation sites is 1. The molecule has 1 nitrogen and oxygen atoms in total. The second-order valence-corrected chi connectivity index (χ2v) is 6.53. The molecule has 1 heterocycles. The highest BCUT2D eigenvalue weighted by Gasteiger charge is 2.20. The summed E-state index contributed by atoms with van der Waals surface area (Å²) >= 11 is 6.72. The molecule has 1 atom stereocenters. The topological polar surface area (TPSA) is 3.24 Å². The molecule has 0 aliphatic carbocycles. The number of anilines is 1. The monoisotopic (exact) mass is 299 g/mol. The van der Waals surface area contributed by atoms with Crippen LogP contribution in [0.25, 0.3) is 0 Å². The van der Waals surface area contributed by atoms with E-state index in [0.29, 0.717) is 0 Å². The Labute approximate surface area is 132 Å². The van der Waals surface area contributed by atoms with Crippen LogP contribution in [0.3, 0.4) is 0 Å². The number of hydrogen-bond acceptors (Lipinski definition) is 1. The summed E-state index contributed by atoms with van der Waals surface area (Å²) in [4.78, 5) is 2.44. The van der Waals surface area contributed by atoms with Gasteiger partial charge in [0.05, 0.1) is 5.38 Å². The summed E-state index contributed by atoms with van der Waals surface area (Å²) in [6.07, 6.45) is 2.40. The van der Waals surface area contributed by atoms with Crippen molar-refractivity contribution in [3.05, 3.63) is 64.7 Å². The third kappa shape index (κ3) is 3.08. The number of fused-ring (bicyclic) bond motifs is 1. The SMILES string of the molecule is Cc1ccc(C(Cl)CN2CCCc3ccccc32)c(C)c1. The maximum atomic E-state index is 6.72. The molecule has 2 aromatic rings. The zero-order valence-corrected chi connectivity index (χ0v) is 13.5. The summed E-state index contributed by atoms with van der Waals surface area (Å²) in [5.41, 5.74) is 6.65. The number of nitrogens with zero attached hydrogens (tertiary/aromatic N) is 1. The van der Waals surface area contributed by atoms with Crippen LogP contribution < -0.4 is 4.90 Å². The molecule has 0 fully saturated rings. The molecule has 2 aromatic carbocycles. The predicted octanol–water partition coefficient (Wildman–Crippen LogP) is 5.04. The number of hydrogen-bond donors (Lipinski definition) is 0. The highest BCUT2D eigenvalue weighted by Crippen LogP contribution is 2.31. The van der Waals surface area contributed by atoms with Gasteiger partial charge in [-0.25, -0.2) is 0 Å². The van der Waals surface area contributed by atoms with E-state index in [1.54, 1.807) is 0 Å². The zero-order valence-electron chi connectivity index (χ0n) is 12.8. The van der Waals surface area contributed by atoms with E-state index < -0.39 is 0 Å². The highest BCUT2D eigenvalue weighted by atomic mass is 35.5. The summed E-state index contributed by atoms with van der Waals surface area (Å²) in [6.45, 7) is 6.26.